The molecule has 0 atom stereocenters. The SMILES string of the molecule is CCNC(=NCc1ccccc1)NCCNS(=O)(=O)c1ccc(Cl)s1.I. The molecular weight excluding hydrogens is 507 g/mol. The molecule has 6 nitrogen and oxygen atoms in total. The highest BCUT2D eigenvalue weighted by atomic mass is 127. The Balaban J connectivity index is 0.00000338. The third kappa shape index (κ3) is 7.78. The quantitative estimate of drug-likeness (QED) is 0.213. The zero-order valence-electron chi connectivity index (χ0n) is 14.2. The topological polar surface area (TPSA) is 82.6 Å². The normalized spacial score (nSPS) is 11.7. The van der Waals surface area contributed by atoms with Crippen LogP contribution in [-0.2, 0) is 16.6 Å². The van der Waals surface area contributed by atoms with Gasteiger partial charge in [0.2, 0.25) is 10.0 Å². The molecule has 0 saturated heterocycles. The number of benzene rings is 1. The molecule has 0 aliphatic carbocycles. The second-order valence-electron chi connectivity index (χ2n) is 5.06. The van der Waals surface area contributed by atoms with Crippen LogP contribution in [-0.4, -0.2) is 34.0 Å². The Morgan fingerprint density at radius 2 is 1.85 bits per heavy atom. The van der Waals surface area contributed by atoms with Gasteiger partial charge in [0.15, 0.2) is 5.96 Å². The Hall–Kier alpha value is -0.880. The molecular formula is C16H22ClIN4O2S2. The van der Waals surface area contributed by atoms with Crippen LogP contribution in [0.3, 0.4) is 0 Å². The Kier molecular flexibility index (Phi) is 10.5. The first-order valence-corrected chi connectivity index (χ1v) is 10.5. The third-order valence-electron chi connectivity index (χ3n) is 3.13. The van der Waals surface area contributed by atoms with Crippen molar-refractivity contribution in [3.63, 3.8) is 0 Å². The van der Waals surface area contributed by atoms with Crippen molar-refractivity contribution in [2.24, 2.45) is 4.99 Å². The number of nitrogens with zero attached hydrogens (tertiary/aromatic N) is 1. The molecule has 1 aromatic heterocycles. The van der Waals surface area contributed by atoms with Crippen molar-refractivity contribution in [3.8, 4) is 0 Å². The summed E-state index contributed by atoms with van der Waals surface area (Å²) in [4.78, 5) is 4.48. The van der Waals surface area contributed by atoms with E-state index in [0.717, 1.165) is 23.4 Å². The van der Waals surface area contributed by atoms with Crippen LogP contribution < -0.4 is 15.4 Å². The van der Waals surface area contributed by atoms with Gasteiger partial charge in [0.25, 0.3) is 0 Å². The molecule has 1 heterocycles. The van der Waals surface area contributed by atoms with E-state index in [1.165, 1.54) is 6.07 Å². The monoisotopic (exact) mass is 528 g/mol. The van der Waals surface area contributed by atoms with Crippen molar-refractivity contribution < 1.29 is 8.42 Å². The van der Waals surface area contributed by atoms with Gasteiger partial charge in [-0.15, -0.1) is 35.3 Å². The number of hydrogen-bond donors (Lipinski definition) is 3. The molecule has 0 radical (unpaired) electrons. The zero-order valence-corrected chi connectivity index (χ0v) is 19.0. The molecule has 0 spiro atoms. The van der Waals surface area contributed by atoms with Crippen molar-refractivity contribution in [1.82, 2.24) is 15.4 Å². The summed E-state index contributed by atoms with van der Waals surface area (Å²) >= 11 is 6.81. The molecule has 10 heteroatoms. The Morgan fingerprint density at radius 3 is 2.46 bits per heavy atom. The van der Waals surface area contributed by atoms with E-state index in [0.29, 0.717) is 23.4 Å². The first-order valence-electron chi connectivity index (χ1n) is 7.82. The molecule has 2 rings (SSSR count). The number of guanidine groups is 1. The summed E-state index contributed by atoms with van der Waals surface area (Å²) in [5.74, 6) is 0.643. The Bertz CT molecular complexity index is 798. The fraction of sp³-hybridized carbons (Fsp3) is 0.312. The van der Waals surface area contributed by atoms with Crippen molar-refractivity contribution >= 4 is 62.9 Å². The smallest absolute Gasteiger partial charge is 0.250 e. The standard InChI is InChI=1S/C16H21ClN4O2S2.HI/c1-2-18-16(20-12-13-6-4-3-5-7-13)19-10-11-21-25(22,23)15-9-8-14(17)24-15;/h3-9,21H,2,10-12H2,1H3,(H2,18,19,20);1H. The lowest BCUT2D eigenvalue weighted by Gasteiger charge is -2.11. The number of rotatable bonds is 8. The summed E-state index contributed by atoms with van der Waals surface area (Å²) in [5.41, 5.74) is 1.11. The minimum absolute atomic E-state index is 0. The largest absolute Gasteiger partial charge is 0.357 e. The number of halogens is 2. The van der Waals surface area contributed by atoms with Crippen molar-refractivity contribution in [2.75, 3.05) is 19.6 Å². The number of hydrogen-bond acceptors (Lipinski definition) is 4. The number of sulfonamides is 1. The van der Waals surface area contributed by atoms with Crippen LogP contribution in [0.1, 0.15) is 12.5 Å². The lowest BCUT2D eigenvalue weighted by molar-refractivity contribution is 0.582. The summed E-state index contributed by atoms with van der Waals surface area (Å²) < 4.78 is 27.4. The second kappa shape index (κ2) is 11.8. The van der Waals surface area contributed by atoms with Crippen molar-refractivity contribution in [3.05, 3.63) is 52.4 Å². The highest BCUT2D eigenvalue weighted by Gasteiger charge is 2.15. The fourth-order valence-corrected chi connectivity index (χ4v) is 4.53. The lowest BCUT2D eigenvalue weighted by Crippen LogP contribution is -2.41. The first-order chi connectivity index (χ1) is 12.0. The van der Waals surface area contributed by atoms with E-state index in [2.05, 4.69) is 20.3 Å². The molecule has 144 valence electrons. The molecule has 0 aliphatic rings. The average molecular weight is 529 g/mol. The van der Waals surface area contributed by atoms with Gasteiger partial charge >= 0.3 is 0 Å². The van der Waals surface area contributed by atoms with Gasteiger partial charge in [-0.3, -0.25) is 0 Å². The molecule has 1 aromatic carbocycles. The summed E-state index contributed by atoms with van der Waals surface area (Å²) in [6, 6.07) is 13.0. The van der Waals surface area contributed by atoms with Crippen LogP contribution in [0.15, 0.2) is 51.7 Å². The molecule has 0 bridgehead atoms. The minimum Gasteiger partial charge on any atom is -0.357 e. The second-order valence-corrected chi connectivity index (χ2v) is 8.77. The van der Waals surface area contributed by atoms with Gasteiger partial charge in [0.1, 0.15) is 4.21 Å². The van der Waals surface area contributed by atoms with E-state index in [4.69, 9.17) is 11.6 Å². The van der Waals surface area contributed by atoms with Crippen LogP contribution >= 0.6 is 46.9 Å². The van der Waals surface area contributed by atoms with Gasteiger partial charge in [0.05, 0.1) is 10.9 Å². The van der Waals surface area contributed by atoms with Crippen molar-refractivity contribution in [1.29, 1.82) is 0 Å². The number of thiophene rings is 1. The van der Waals surface area contributed by atoms with Gasteiger partial charge < -0.3 is 10.6 Å². The maximum atomic E-state index is 12.1. The maximum absolute atomic E-state index is 12.1. The van der Waals surface area contributed by atoms with Crippen LogP contribution in [0.25, 0.3) is 0 Å². The van der Waals surface area contributed by atoms with Crippen LogP contribution in [0.4, 0.5) is 0 Å². The highest BCUT2D eigenvalue weighted by molar-refractivity contribution is 14.0. The van der Waals surface area contributed by atoms with Gasteiger partial charge in [0, 0.05) is 19.6 Å². The molecule has 0 saturated carbocycles. The lowest BCUT2D eigenvalue weighted by atomic mass is 10.2. The molecule has 3 N–H and O–H groups in total. The number of aliphatic imine (C=N–C) groups is 1. The van der Waals surface area contributed by atoms with E-state index < -0.39 is 10.0 Å². The van der Waals surface area contributed by atoms with E-state index >= 15 is 0 Å². The van der Waals surface area contributed by atoms with E-state index in [1.54, 1.807) is 6.07 Å². The van der Waals surface area contributed by atoms with Crippen LogP contribution in [0.5, 0.6) is 0 Å². The highest BCUT2D eigenvalue weighted by Crippen LogP contribution is 2.25. The average Bonchev–Trinajstić information content (AvgIpc) is 3.05. The summed E-state index contributed by atoms with van der Waals surface area (Å²) in [7, 11) is -3.52. The molecule has 0 fully saturated rings. The Labute approximate surface area is 180 Å². The predicted molar refractivity (Wildman–Crippen MR) is 119 cm³/mol. The minimum atomic E-state index is -3.52. The molecule has 0 unspecified atom stereocenters. The summed E-state index contributed by atoms with van der Waals surface area (Å²) in [5, 5.41) is 6.24. The molecule has 2 aromatic rings. The molecule has 26 heavy (non-hydrogen) atoms. The summed E-state index contributed by atoms with van der Waals surface area (Å²) in [6.45, 7) is 3.91. The van der Waals surface area contributed by atoms with Gasteiger partial charge in [-0.25, -0.2) is 18.1 Å². The van der Waals surface area contributed by atoms with Gasteiger partial charge in [-0.1, -0.05) is 41.9 Å². The molecule has 0 amide bonds. The van der Waals surface area contributed by atoms with E-state index in [9.17, 15) is 8.42 Å². The molecule has 0 aliphatic heterocycles. The van der Waals surface area contributed by atoms with Crippen molar-refractivity contribution in [2.45, 2.75) is 17.7 Å². The van der Waals surface area contributed by atoms with Gasteiger partial charge in [-0.05, 0) is 24.6 Å². The van der Waals surface area contributed by atoms with Crippen LogP contribution in [0.2, 0.25) is 4.34 Å². The van der Waals surface area contributed by atoms with E-state index in [-0.39, 0.29) is 34.7 Å². The number of nitrogens with one attached hydrogen (secondary N) is 3. The van der Waals surface area contributed by atoms with Crippen LogP contribution in [0, 0.1) is 0 Å². The Morgan fingerprint density at radius 1 is 1.12 bits per heavy atom. The maximum Gasteiger partial charge on any atom is 0.250 e. The predicted octanol–water partition coefficient (Wildman–Crippen LogP) is 3.05. The third-order valence-corrected chi connectivity index (χ3v) is 6.31. The fourth-order valence-electron chi connectivity index (χ4n) is 1.98. The first kappa shape index (κ1) is 23.2. The van der Waals surface area contributed by atoms with E-state index in [1.807, 2.05) is 37.3 Å². The summed E-state index contributed by atoms with van der Waals surface area (Å²) in [6.07, 6.45) is 0. The zero-order chi connectivity index (χ0) is 18.1. The van der Waals surface area contributed by atoms with Gasteiger partial charge in [-0.2, -0.15) is 0 Å².